The number of aromatic nitrogens is 2. The second-order valence-electron chi connectivity index (χ2n) is 4.83. The summed E-state index contributed by atoms with van der Waals surface area (Å²) < 4.78 is 1.59. The molecule has 0 spiro atoms. The third-order valence-electron chi connectivity index (χ3n) is 3.42. The van der Waals surface area contributed by atoms with Crippen molar-refractivity contribution in [3.63, 3.8) is 0 Å². The molecule has 0 radical (unpaired) electrons. The molecule has 1 fully saturated rings. The summed E-state index contributed by atoms with van der Waals surface area (Å²) in [6.07, 6.45) is 8.33. The van der Waals surface area contributed by atoms with Crippen LogP contribution in [0, 0.1) is 5.92 Å². The van der Waals surface area contributed by atoms with Crippen LogP contribution >= 0.6 is 0 Å². The highest BCUT2D eigenvalue weighted by atomic mass is 16.1. The largest absolute Gasteiger partial charge is 0.394 e. The molecule has 2 rings (SSSR count). The summed E-state index contributed by atoms with van der Waals surface area (Å²) in [4.78, 5) is 11.9. The molecule has 1 aromatic rings. The zero-order valence-corrected chi connectivity index (χ0v) is 10.3. The second kappa shape index (κ2) is 5.21. The maximum atomic E-state index is 11.9. The van der Waals surface area contributed by atoms with Crippen LogP contribution in [-0.4, -0.2) is 15.7 Å². The molecular formula is C12H20N4O. The van der Waals surface area contributed by atoms with E-state index in [2.05, 4.69) is 10.4 Å². The van der Waals surface area contributed by atoms with Crippen LogP contribution in [0.4, 0.5) is 11.5 Å². The number of rotatable bonds is 3. The summed E-state index contributed by atoms with van der Waals surface area (Å²) in [7, 11) is 1.77. The molecule has 1 saturated carbocycles. The molecule has 94 valence electrons. The van der Waals surface area contributed by atoms with Gasteiger partial charge in [0.15, 0.2) is 5.82 Å². The first-order valence-electron chi connectivity index (χ1n) is 6.24. The fourth-order valence-corrected chi connectivity index (χ4v) is 2.44. The quantitative estimate of drug-likeness (QED) is 0.842. The number of hydrogen-bond acceptors (Lipinski definition) is 3. The van der Waals surface area contributed by atoms with Crippen LogP contribution in [-0.2, 0) is 11.8 Å². The van der Waals surface area contributed by atoms with Gasteiger partial charge in [-0.15, -0.1) is 0 Å². The highest BCUT2D eigenvalue weighted by Gasteiger charge is 2.18. The van der Waals surface area contributed by atoms with Crippen molar-refractivity contribution in [1.29, 1.82) is 0 Å². The second-order valence-corrected chi connectivity index (χ2v) is 4.83. The van der Waals surface area contributed by atoms with Gasteiger partial charge >= 0.3 is 0 Å². The Kier molecular flexibility index (Phi) is 3.66. The molecule has 1 heterocycles. The molecule has 3 N–H and O–H groups in total. The molecule has 0 aromatic carbocycles. The topological polar surface area (TPSA) is 72.9 Å². The predicted octanol–water partition coefficient (Wildman–Crippen LogP) is 1.91. The Bertz CT molecular complexity index is 374. The van der Waals surface area contributed by atoms with Crippen molar-refractivity contribution in [2.75, 3.05) is 11.1 Å². The summed E-state index contributed by atoms with van der Waals surface area (Å²) in [5.41, 5.74) is 6.24. The molecule has 0 unspecified atom stereocenters. The van der Waals surface area contributed by atoms with Gasteiger partial charge in [-0.05, 0) is 18.8 Å². The van der Waals surface area contributed by atoms with E-state index >= 15 is 0 Å². The van der Waals surface area contributed by atoms with Crippen LogP contribution in [0.3, 0.4) is 0 Å². The van der Waals surface area contributed by atoms with Gasteiger partial charge in [0.25, 0.3) is 0 Å². The van der Waals surface area contributed by atoms with Crippen molar-refractivity contribution < 1.29 is 4.79 Å². The van der Waals surface area contributed by atoms with Crippen LogP contribution in [0.15, 0.2) is 6.20 Å². The summed E-state index contributed by atoms with van der Waals surface area (Å²) in [6.45, 7) is 0. The molecule has 0 atom stereocenters. The van der Waals surface area contributed by atoms with Gasteiger partial charge in [-0.25, -0.2) is 0 Å². The lowest BCUT2D eigenvalue weighted by atomic mass is 9.87. The Labute approximate surface area is 101 Å². The Morgan fingerprint density at radius 2 is 2.24 bits per heavy atom. The molecule has 5 nitrogen and oxygen atoms in total. The number of nitrogen functional groups attached to an aromatic ring is 1. The zero-order chi connectivity index (χ0) is 12.3. The lowest BCUT2D eigenvalue weighted by Crippen LogP contribution is -2.20. The van der Waals surface area contributed by atoms with E-state index in [1.54, 1.807) is 17.9 Å². The number of carbonyl (C=O) groups excluding carboxylic acids is 1. The first-order valence-corrected chi connectivity index (χ1v) is 6.24. The van der Waals surface area contributed by atoms with Crippen molar-refractivity contribution in [2.24, 2.45) is 13.0 Å². The van der Waals surface area contributed by atoms with Crippen LogP contribution in [0.1, 0.15) is 38.5 Å². The first kappa shape index (κ1) is 12.0. The van der Waals surface area contributed by atoms with Gasteiger partial charge in [0.1, 0.15) is 0 Å². The number of nitrogens with zero attached hydrogens (tertiary/aromatic N) is 2. The molecule has 1 aliphatic carbocycles. The van der Waals surface area contributed by atoms with Crippen molar-refractivity contribution >= 4 is 17.4 Å². The zero-order valence-electron chi connectivity index (χ0n) is 10.3. The third-order valence-corrected chi connectivity index (χ3v) is 3.42. The minimum Gasteiger partial charge on any atom is -0.394 e. The van der Waals surface area contributed by atoms with Crippen molar-refractivity contribution in [3.8, 4) is 0 Å². The summed E-state index contributed by atoms with van der Waals surface area (Å²) in [5, 5.41) is 6.84. The van der Waals surface area contributed by atoms with E-state index in [0.717, 1.165) is 0 Å². The maximum Gasteiger partial charge on any atom is 0.225 e. The van der Waals surface area contributed by atoms with Gasteiger partial charge in [-0.1, -0.05) is 19.3 Å². The number of nitrogens with one attached hydrogen (secondary N) is 1. The van der Waals surface area contributed by atoms with Crippen LogP contribution in [0.5, 0.6) is 0 Å². The van der Waals surface area contributed by atoms with Gasteiger partial charge in [-0.3, -0.25) is 9.48 Å². The smallest absolute Gasteiger partial charge is 0.225 e. The SMILES string of the molecule is Cn1ncc(N)c1NC(=O)CC1CCCCC1. The van der Waals surface area contributed by atoms with E-state index in [4.69, 9.17) is 5.73 Å². The number of carbonyl (C=O) groups is 1. The average molecular weight is 236 g/mol. The fourth-order valence-electron chi connectivity index (χ4n) is 2.44. The Morgan fingerprint density at radius 1 is 1.53 bits per heavy atom. The average Bonchev–Trinajstić information content (AvgIpc) is 2.62. The highest BCUT2D eigenvalue weighted by molar-refractivity contribution is 5.92. The molecule has 0 bridgehead atoms. The molecule has 17 heavy (non-hydrogen) atoms. The fraction of sp³-hybridized carbons (Fsp3) is 0.667. The van der Waals surface area contributed by atoms with E-state index in [1.165, 1.54) is 32.1 Å². The van der Waals surface area contributed by atoms with E-state index in [9.17, 15) is 4.79 Å². The Morgan fingerprint density at radius 3 is 2.82 bits per heavy atom. The molecular weight excluding hydrogens is 216 g/mol. The van der Waals surface area contributed by atoms with Gasteiger partial charge in [0.05, 0.1) is 11.9 Å². The lowest BCUT2D eigenvalue weighted by Gasteiger charge is -2.20. The van der Waals surface area contributed by atoms with Gasteiger partial charge in [0.2, 0.25) is 5.91 Å². The van der Waals surface area contributed by atoms with Gasteiger partial charge in [0, 0.05) is 13.5 Å². The van der Waals surface area contributed by atoms with Crippen molar-refractivity contribution in [3.05, 3.63) is 6.20 Å². The number of aryl methyl sites for hydroxylation is 1. The van der Waals surface area contributed by atoms with E-state index in [0.29, 0.717) is 23.8 Å². The maximum absolute atomic E-state index is 11.9. The minimum atomic E-state index is 0.0483. The summed E-state index contributed by atoms with van der Waals surface area (Å²) >= 11 is 0. The standard InChI is InChI=1S/C12H20N4O/c1-16-12(10(13)8-14-16)15-11(17)7-9-5-3-2-4-6-9/h8-9H,2-7,13H2,1H3,(H,15,17). The minimum absolute atomic E-state index is 0.0483. The van der Waals surface area contributed by atoms with Crippen molar-refractivity contribution in [1.82, 2.24) is 9.78 Å². The Hall–Kier alpha value is -1.52. The normalized spacial score (nSPS) is 17.0. The first-order chi connectivity index (χ1) is 8.16. The molecule has 1 aliphatic rings. The van der Waals surface area contributed by atoms with E-state index < -0.39 is 0 Å². The monoisotopic (exact) mass is 236 g/mol. The number of amides is 1. The van der Waals surface area contributed by atoms with Crippen LogP contribution < -0.4 is 11.1 Å². The molecule has 5 heteroatoms. The van der Waals surface area contributed by atoms with Crippen LogP contribution in [0.2, 0.25) is 0 Å². The van der Waals surface area contributed by atoms with Crippen LogP contribution in [0.25, 0.3) is 0 Å². The summed E-state index contributed by atoms with van der Waals surface area (Å²) in [6, 6.07) is 0. The van der Waals surface area contributed by atoms with Crippen molar-refractivity contribution in [2.45, 2.75) is 38.5 Å². The number of hydrogen-bond donors (Lipinski definition) is 2. The summed E-state index contributed by atoms with van der Waals surface area (Å²) in [5.74, 6) is 1.19. The van der Waals surface area contributed by atoms with E-state index in [1.807, 2.05) is 0 Å². The highest BCUT2D eigenvalue weighted by Crippen LogP contribution is 2.27. The number of nitrogens with two attached hydrogens (primary N) is 1. The molecule has 0 aliphatic heterocycles. The molecule has 0 saturated heterocycles. The Balaban J connectivity index is 1.88. The lowest BCUT2D eigenvalue weighted by molar-refractivity contribution is -0.117. The predicted molar refractivity (Wildman–Crippen MR) is 67.4 cm³/mol. The van der Waals surface area contributed by atoms with E-state index in [-0.39, 0.29) is 5.91 Å². The third kappa shape index (κ3) is 2.99. The van der Waals surface area contributed by atoms with Gasteiger partial charge in [-0.2, -0.15) is 5.10 Å². The number of anilines is 2. The van der Waals surface area contributed by atoms with Gasteiger partial charge < -0.3 is 11.1 Å². The molecule has 1 amide bonds. The molecule has 1 aromatic heterocycles.